The zero-order valence-electron chi connectivity index (χ0n) is 19.0. The molecule has 0 unspecified atom stereocenters. The third-order valence-corrected chi connectivity index (χ3v) is 7.34. The van der Waals surface area contributed by atoms with Crippen LogP contribution in [0, 0.1) is 17.7 Å². The van der Waals surface area contributed by atoms with Crippen LogP contribution in [0.3, 0.4) is 0 Å². The summed E-state index contributed by atoms with van der Waals surface area (Å²) >= 11 is 5.86. The van der Waals surface area contributed by atoms with Gasteiger partial charge in [0.05, 0.1) is 29.5 Å². The third kappa shape index (κ3) is 5.64. The number of hydrogen-bond donors (Lipinski definition) is 2. The molecule has 0 spiro atoms. The normalized spacial score (nSPS) is 18.1. The van der Waals surface area contributed by atoms with Crippen molar-refractivity contribution in [3.05, 3.63) is 88.1 Å². The number of rotatable bonds is 6. The van der Waals surface area contributed by atoms with E-state index in [4.69, 9.17) is 11.6 Å². The first-order chi connectivity index (χ1) is 17.0. The summed E-state index contributed by atoms with van der Waals surface area (Å²) in [5, 5.41) is 5.59. The van der Waals surface area contributed by atoms with Crippen LogP contribution in [0.2, 0.25) is 5.02 Å². The lowest BCUT2D eigenvalue weighted by Gasteiger charge is -2.18. The van der Waals surface area contributed by atoms with Crippen molar-refractivity contribution in [2.24, 2.45) is 11.8 Å². The number of nitrogens with zero attached hydrogens (tertiary/aromatic N) is 2. The molecule has 0 aliphatic carbocycles. The van der Waals surface area contributed by atoms with Gasteiger partial charge in [0.25, 0.3) is 5.56 Å². The number of halogens is 2. The van der Waals surface area contributed by atoms with Crippen LogP contribution in [-0.4, -0.2) is 48.4 Å². The van der Waals surface area contributed by atoms with E-state index in [0.717, 1.165) is 16.6 Å². The van der Waals surface area contributed by atoms with Crippen LogP contribution in [0.4, 0.5) is 15.8 Å². The van der Waals surface area contributed by atoms with E-state index in [1.54, 1.807) is 36.4 Å². The first-order valence-electron chi connectivity index (χ1n) is 10.8. The monoisotopic (exact) mass is 532 g/mol. The quantitative estimate of drug-likeness (QED) is 0.506. The molecule has 1 fully saturated rings. The maximum Gasteiger partial charge on any atom is 0.255 e. The minimum absolute atomic E-state index is 0.164. The van der Waals surface area contributed by atoms with Crippen LogP contribution in [0.15, 0.2) is 71.7 Å². The largest absolute Gasteiger partial charge is 0.326 e. The number of carbonyl (C=O) groups excluding carboxylic acids is 2. The fourth-order valence-electron chi connectivity index (χ4n) is 3.96. The highest BCUT2D eigenvalue weighted by Crippen LogP contribution is 2.29. The molecule has 188 valence electrons. The zero-order chi connectivity index (χ0) is 26.0. The molecule has 1 aliphatic rings. The predicted molar refractivity (Wildman–Crippen MR) is 134 cm³/mol. The summed E-state index contributed by atoms with van der Waals surface area (Å²) in [6, 6.07) is 14.7. The lowest BCUT2D eigenvalue weighted by Crippen LogP contribution is -2.35. The molecule has 0 bridgehead atoms. The second kappa shape index (κ2) is 10.2. The van der Waals surface area contributed by atoms with Crippen molar-refractivity contribution in [1.29, 1.82) is 0 Å². The summed E-state index contributed by atoms with van der Waals surface area (Å²) in [5.41, 5.74) is 0.178. The van der Waals surface area contributed by atoms with Crippen LogP contribution >= 0.6 is 11.6 Å². The molecule has 12 heteroatoms. The first kappa shape index (κ1) is 25.5. The van der Waals surface area contributed by atoms with Gasteiger partial charge < -0.3 is 10.6 Å². The summed E-state index contributed by atoms with van der Waals surface area (Å²) < 4.78 is 41.4. The molecule has 1 aliphatic heterocycles. The fourth-order valence-corrected chi connectivity index (χ4v) is 4.95. The van der Waals surface area contributed by atoms with Gasteiger partial charge in [0.2, 0.25) is 21.8 Å². The second-order valence-corrected chi connectivity index (χ2v) is 10.8. The highest BCUT2D eigenvalue weighted by molar-refractivity contribution is 7.88. The van der Waals surface area contributed by atoms with Gasteiger partial charge in [-0.3, -0.25) is 19.0 Å². The van der Waals surface area contributed by atoms with Gasteiger partial charge in [0.15, 0.2) is 0 Å². The highest BCUT2D eigenvalue weighted by atomic mass is 35.5. The third-order valence-electron chi connectivity index (χ3n) is 5.85. The van der Waals surface area contributed by atoms with Crippen molar-refractivity contribution in [2.45, 2.75) is 0 Å². The van der Waals surface area contributed by atoms with Crippen molar-refractivity contribution in [1.82, 2.24) is 8.87 Å². The Morgan fingerprint density at radius 1 is 0.972 bits per heavy atom. The summed E-state index contributed by atoms with van der Waals surface area (Å²) in [6.45, 7) is -0.433. The molecule has 36 heavy (non-hydrogen) atoms. The topological polar surface area (TPSA) is 118 Å². The molecule has 0 saturated carbocycles. The van der Waals surface area contributed by atoms with Crippen LogP contribution in [0.1, 0.15) is 0 Å². The number of pyridine rings is 1. The van der Waals surface area contributed by atoms with Gasteiger partial charge in [-0.25, -0.2) is 17.1 Å². The van der Waals surface area contributed by atoms with Gasteiger partial charge in [0, 0.05) is 42.1 Å². The van der Waals surface area contributed by atoms with Crippen molar-refractivity contribution in [2.75, 3.05) is 30.0 Å². The Bertz CT molecular complexity index is 1480. The summed E-state index contributed by atoms with van der Waals surface area (Å²) in [6.07, 6.45) is 2.48. The molecule has 4 rings (SSSR count). The van der Waals surface area contributed by atoms with Gasteiger partial charge in [0.1, 0.15) is 5.82 Å². The van der Waals surface area contributed by atoms with Gasteiger partial charge in [-0.15, -0.1) is 0 Å². The standard InChI is InChI=1S/C24H22ClFN4O5S/c1-36(34,35)29-13-18(23(32)27-16-7-5-15(25)6-8-16)19(14-29)24(33)28-21-10-9-17(12-20(21)26)30-11-3-2-4-22(30)31/h2-12,18-19H,13-14H2,1H3,(H,27,32)(H,28,33)/t18-,19-/m1/s1. The summed E-state index contributed by atoms with van der Waals surface area (Å²) in [5.74, 6) is -4.14. The Labute approximate surface area is 211 Å². The number of carbonyl (C=O) groups is 2. The van der Waals surface area contributed by atoms with Crippen LogP contribution in [-0.2, 0) is 19.6 Å². The Morgan fingerprint density at radius 3 is 2.19 bits per heavy atom. The Balaban J connectivity index is 1.55. The molecule has 2 atom stereocenters. The van der Waals surface area contributed by atoms with Gasteiger partial charge in [-0.1, -0.05) is 17.7 Å². The smallest absolute Gasteiger partial charge is 0.255 e. The van der Waals surface area contributed by atoms with Crippen LogP contribution in [0.5, 0.6) is 0 Å². The Hall–Kier alpha value is -3.54. The highest BCUT2D eigenvalue weighted by Gasteiger charge is 2.45. The number of nitrogens with one attached hydrogen (secondary N) is 2. The number of hydrogen-bond acceptors (Lipinski definition) is 5. The molecular formula is C24H22ClFN4O5S. The minimum atomic E-state index is -3.69. The molecule has 2 heterocycles. The lowest BCUT2D eigenvalue weighted by atomic mass is 9.94. The summed E-state index contributed by atoms with van der Waals surface area (Å²) in [7, 11) is -3.69. The van der Waals surface area contributed by atoms with Crippen LogP contribution in [0.25, 0.3) is 5.69 Å². The first-order valence-corrected chi connectivity index (χ1v) is 13.1. The Morgan fingerprint density at radius 2 is 1.61 bits per heavy atom. The SMILES string of the molecule is CS(=O)(=O)N1C[C@@H](C(=O)Nc2ccc(Cl)cc2)[C@H](C(=O)Nc2ccc(-n3ccccc3=O)cc2F)C1. The number of amides is 2. The van der Waals surface area contributed by atoms with E-state index < -0.39 is 39.5 Å². The second-order valence-electron chi connectivity index (χ2n) is 8.35. The number of benzene rings is 2. The fraction of sp³-hybridized carbons (Fsp3) is 0.208. The number of sulfonamides is 1. The average Bonchev–Trinajstić information content (AvgIpc) is 3.29. The van der Waals surface area contributed by atoms with Gasteiger partial charge in [-0.05, 0) is 42.5 Å². The van der Waals surface area contributed by atoms with Crippen molar-refractivity contribution in [3.8, 4) is 5.69 Å². The van der Waals surface area contributed by atoms with E-state index in [-0.39, 0.29) is 30.0 Å². The minimum Gasteiger partial charge on any atom is -0.326 e. The number of aromatic nitrogens is 1. The average molecular weight is 533 g/mol. The summed E-state index contributed by atoms with van der Waals surface area (Å²) in [4.78, 5) is 38.1. The van der Waals surface area contributed by atoms with E-state index in [9.17, 15) is 27.2 Å². The molecular weight excluding hydrogens is 511 g/mol. The predicted octanol–water partition coefficient (Wildman–Crippen LogP) is 2.71. The van der Waals surface area contributed by atoms with E-state index in [1.165, 1.54) is 29.0 Å². The molecule has 1 saturated heterocycles. The van der Waals surface area contributed by atoms with Crippen molar-refractivity contribution in [3.63, 3.8) is 0 Å². The maximum absolute atomic E-state index is 14.8. The van der Waals surface area contributed by atoms with Crippen molar-refractivity contribution < 1.29 is 22.4 Å². The van der Waals surface area contributed by atoms with Gasteiger partial charge in [-0.2, -0.15) is 0 Å². The van der Waals surface area contributed by atoms with E-state index in [0.29, 0.717) is 10.7 Å². The van der Waals surface area contributed by atoms with Gasteiger partial charge >= 0.3 is 0 Å². The van der Waals surface area contributed by atoms with E-state index >= 15 is 0 Å². The molecule has 2 amide bonds. The van der Waals surface area contributed by atoms with E-state index in [1.807, 2.05) is 0 Å². The molecule has 3 aromatic rings. The molecule has 0 radical (unpaired) electrons. The Kier molecular flexibility index (Phi) is 7.25. The lowest BCUT2D eigenvalue weighted by molar-refractivity contribution is -0.127. The molecule has 9 nitrogen and oxygen atoms in total. The van der Waals surface area contributed by atoms with Crippen LogP contribution < -0.4 is 16.2 Å². The maximum atomic E-state index is 14.8. The molecule has 2 N–H and O–H groups in total. The molecule has 1 aromatic heterocycles. The van der Waals surface area contributed by atoms with E-state index in [2.05, 4.69) is 10.6 Å². The van der Waals surface area contributed by atoms with Crippen molar-refractivity contribution >= 4 is 44.8 Å². The molecule has 2 aromatic carbocycles. The number of anilines is 2. The zero-order valence-corrected chi connectivity index (χ0v) is 20.6.